The minimum atomic E-state index is -4.00. The molecule has 5 heteroatoms. The first kappa shape index (κ1) is 26.4. The van der Waals surface area contributed by atoms with Crippen LogP contribution < -0.4 is 0 Å². The summed E-state index contributed by atoms with van der Waals surface area (Å²) in [6.07, 6.45) is 20.1. The molecule has 0 spiro atoms. The van der Waals surface area contributed by atoms with Crippen LogP contribution in [0.2, 0.25) is 0 Å². The predicted molar refractivity (Wildman–Crippen MR) is 124 cm³/mol. The van der Waals surface area contributed by atoms with Crippen molar-refractivity contribution in [2.75, 3.05) is 0 Å². The summed E-state index contributed by atoms with van der Waals surface area (Å²) in [5, 5.41) is 0. The lowest BCUT2D eigenvalue weighted by Crippen LogP contribution is -2.13. The highest BCUT2D eigenvalue weighted by Crippen LogP contribution is 2.15. The second-order valence-electron chi connectivity index (χ2n) is 8.06. The summed E-state index contributed by atoms with van der Waals surface area (Å²) in [4.78, 5) is 11.8. The van der Waals surface area contributed by atoms with Gasteiger partial charge in [0, 0.05) is 6.42 Å². The second-order valence-corrected chi connectivity index (χ2v) is 9.60. The third-order valence-electron chi connectivity index (χ3n) is 5.16. The Morgan fingerprint density at radius 2 is 1.30 bits per heavy atom. The quantitative estimate of drug-likeness (QED) is 0.146. The molecule has 1 aromatic carbocycles. The number of hydrogen-bond acceptors (Lipinski definition) is 4. The molecule has 0 N–H and O–H groups in total. The van der Waals surface area contributed by atoms with Crippen molar-refractivity contribution in [3.05, 3.63) is 42.0 Å². The average Bonchev–Trinajstić information content (AvgIpc) is 2.71. The summed E-state index contributed by atoms with van der Waals surface area (Å²) in [5.41, 5.74) is 0.952. The van der Waals surface area contributed by atoms with E-state index >= 15 is 0 Å². The molecule has 0 aliphatic rings. The van der Waals surface area contributed by atoms with Crippen LogP contribution in [0.15, 0.2) is 41.3 Å². The van der Waals surface area contributed by atoms with Crippen LogP contribution in [0.4, 0.5) is 0 Å². The molecule has 0 saturated heterocycles. The Morgan fingerprint density at radius 1 is 0.800 bits per heavy atom. The number of aryl methyl sites for hydroxylation is 1. The van der Waals surface area contributed by atoms with Crippen molar-refractivity contribution >= 4 is 16.1 Å². The number of benzene rings is 1. The normalized spacial score (nSPS) is 11.8. The molecule has 1 rings (SSSR count). The largest absolute Gasteiger partial charge is 0.342 e. The SMILES string of the molecule is CCCCCCCC/C=C\CCCCCCCC(=O)OS(=O)(=O)c1ccc(C)cc1. The molecule has 0 aliphatic carbocycles. The molecular formula is C25H40O4S. The van der Waals surface area contributed by atoms with E-state index in [0.29, 0.717) is 6.42 Å². The van der Waals surface area contributed by atoms with Gasteiger partial charge in [-0.3, -0.25) is 4.79 Å². The van der Waals surface area contributed by atoms with Gasteiger partial charge in [-0.25, -0.2) is 0 Å². The van der Waals surface area contributed by atoms with Gasteiger partial charge in [0.1, 0.15) is 4.90 Å². The van der Waals surface area contributed by atoms with Gasteiger partial charge in [-0.2, -0.15) is 8.42 Å². The first-order chi connectivity index (χ1) is 14.5. The Balaban J connectivity index is 2.00. The lowest BCUT2D eigenvalue weighted by Gasteiger charge is -2.06. The van der Waals surface area contributed by atoms with Crippen molar-refractivity contribution in [2.24, 2.45) is 0 Å². The molecular weight excluding hydrogens is 396 g/mol. The van der Waals surface area contributed by atoms with E-state index in [-0.39, 0.29) is 11.3 Å². The van der Waals surface area contributed by atoms with Gasteiger partial charge in [0.2, 0.25) is 0 Å². The van der Waals surface area contributed by atoms with Gasteiger partial charge in [0.05, 0.1) is 0 Å². The van der Waals surface area contributed by atoms with Crippen molar-refractivity contribution in [1.29, 1.82) is 0 Å². The van der Waals surface area contributed by atoms with E-state index in [4.69, 9.17) is 4.18 Å². The minimum Gasteiger partial charge on any atom is -0.342 e. The van der Waals surface area contributed by atoms with Crippen molar-refractivity contribution in [3.8, 4) is 0 Å². The maximum atomic E-state index is 12.1. The highest BCUT2D eigenvalue weighted by atomic mass is 32.2. The van der Waals surface area contributed by atoms with E-state index in [2.05, 4.69) is 19.1 Å². The fraction of sp³-hybridized carbons (Fsp3) is 0.640. The predicted octanol–water partition coefficient (Wildman–Crippen LogP) is 7.26. The van der Waals surface area contributed by atoms with Gasteiger partial charge in [0.25, 0.3) is 0 Å². The van der Waals surface area contributed by atoms with Crippen molar-refractivity contribution in [1.82, 2.24) is 0 Å². The van der Waals surface area contributed by atoms with Gasteiger partial charge >= 0.3 is 16.1 Å². The molecule has 0 amide bonds. The summed E-state index contributed by atoms with van der Waals surface area (Å²) in [7, 11) is -4.00. The molecule has 0 atom stereocenters. The molecule has 0 bridgehead atoms. The number of carbonyl (C=O) groups is 1. The van der Waals surface area contributed by atoms with E-state index in [1.165, 1.54) is 63.5 Å². The first-order valence-electron chi connectivity index (χ1n) is 11.6. The maximum Gasteiger partial charge on any atom is 0.341 e. The number of unbranched alkanes of at least 4 members (excludes halogenated alkanes) is 11. The molecule has 0 aliphatic heterocycles. The second kappa shape index (κ2) is 16.1. The molecule has 0 unspecified atom stereocenters. The molecule has 0 fully saturated rings. The van der Waals surface area contributed by atoms with Gasteiger partial charge in [-0.05, 0) is 51.2 Å². The van der Waals surface area contributed by atoms with Crippen LogP contribution in [0.25, 0.3) is 0 Å². The molecule has 0 heterocycles. The highest BCUT2D eigenvalue weighted by Gasteiger charge is 2.19. The summed E-state index contributed by atoms with van der Waals surface area (Å²) in [5.74, 6) is -0.673. The molecule has 1 aromatic rings. The van der Waals surface area contributed by atoms with Gasteiger partial charge in [0.15, 0.2) is 0 Å². The fourth-order valence-electron chi connectivity index (χ4n) is 3.26. The maximum absolute atomic E-state index is 12.1. The number of hydrogen-bond donors (Lipinski definition) is 0. The Labute approximate surface area is 184 Å². The third kappa shape index (κ3) is 12.8. The molecule has 4 nitrogen and oxygen atoms in total. The molecule has 0 aromatic heterocycles. The van der Waals surface area contributed by atoms with Crippen LogP contribution in [-0.2, 0) is 19.1 Å². The molecule has 0 radical (unpaired) electrons. The Kier molecular flexibility index (Phi) is 14.2. The fourth-order valence-corrected chi connectivity index (χ4v) is 4.15. The Bertz CT molecular complexity index is 705. The van der Waals surface area contributed by atoms with Crippen LogP contribution >= 0.6 is 0 Å². The van der Waals surface area contributed by atoms with E-state index in [1.54, 1.807) is 12.1 Å². The van der Waals surface area contributed by atoms with Gasteiger partial charge < -0.3 is 4.18 Å². The highest BCUT2D eigenvalue weighted by molar-refractivity contribution is 7.87. The molecule has 170 valence electrons. The number of rotatable bonds is 17. The van der Waals surface area contributed by atoms with E-state index in [0.717, 1.165) is 31.2 Å². The van der Waals surface area contributed by atoms with Crippen molar-refractivity contribution in [3.63, 3.8) is 0 Å². The monoisotopic (exact) mass is 436 g/mol. The van der Waals surface area contributed by atoms with Gasteiger partial charge in [-0.15, -0.1) is 0 Å². The van der Waals surface area contributed by atoms with Crippen LogP contribution in [0, 0.1) is 6.92 Å². The van der Waals surface area contributed by atoms with Crippen LogP contribution in [-0.4, -0.2) is 14.4 Å². The summed E-state index contributed by atoms with van der Waals surface area (Å²) >= 11 is 0. The smallest absolute Gasteiger partial charge is 0.341 e. The van der Waals surface area contributed by atoms with Crippen LogP contribution in [0.3, 0.4) is 0 Å². The Hall–Kier alpha value is -1.62. The lowest BCUT2D eigenvalue weighted by atomic mass is 10.1. The van der Waals surface area contributed by atoms with Gasteiger partial charge in [-0.1, -0.05) is 88.1 Å². The standard InChI is InChI=1S/C25H40O4S/c1-3-4-5-6-7-8-9-10-11-12-13-14-15-16-17-18-25(26)29-30(27,28)24-21-19-23(2)20-22-24/h10-11,19-22H,3-9,12-18H2,1-2H3/b11-10-. The first-order valence-corrected chi connectivity index (χ1v) is 13.1. The van der Waals surface area contributed by atoms with Crippen molar-refractivity contribution < 1.29 is 17.4 Å². The van der Waals surface area contributed by atoms with Crippen LogP contribution in [0.1, 0.15) is 102 Å². The zero-order valence-electron chi connectivity index (χ0n) is 18.9. The van der Waals surface area contributed by atoms with Crippen molar-refractivity contribution in [2.45, 2.75) is 109 Å². The summed E-state index contributed by atoms with van der Waals surface area (Å²) in [6.45, 7) is 4.12. The number of allylic oxidation sites excluding steroid dienone is 2. The van der Waals surface area contributed by atoms with E-state index in [9.17, 15) is 13.2 Å². The topological polar surface area (TPSA) is 60.4 Å². The van der Waals surface area contributed by atoms with Crippen LogP contribution in [0.5, 0.6) is 0 Å². The third-order valence-corrected chi connectivity index (χ3v) is 6.41. The minimum absolute atomic E-state index is 0.0194. The summed E-state index contributed by atoms with van der Waals surface area (Å²) < 4.78 is 28.8. The summed E-state index contributed by atoms with van der Waals surface area (Å²) in [6, 6.07) is 6.29. The molecule has 0 saturated carbocycles. The zero-order valence-corrected chi connectivity index (χ0v) is 19.7. The number of carbonyl (C=O) groups excluding carboxylic acids is 1. The zero-order chi connectivity index (χ0) is 22.1. The van der Waals surface area contributed by atoms with E-state index < -0.39 is 16.1 Å². The molecule has 30 heavy (non-hydrogen) atoms. The average molecular weight is 437 g/mol. The Morgan fingerprint density at radius 3 is 1.87 bits per heavy atom. The van der Waals surface area contributed by atoms with E-state index in [1.807, 2.05) is 6.92 Å². The lowest BCUT2D eigenvalue weighted by molar-refractivity contribution is -0.133.